The molecule has 0 spiro atoms. The zero-order valence-electron chi connectivity index (χ0n) is 8.88. The van der Waals surface area contributed by atoms with Crippen LogP contribution in [-0.4, -0.2) is 25.7 Å². The van der Waals surface area contributed by atoms with Gasteiger partial charge in [0.2, 0.25) is 0 Å². The van der Waals surface area contributed by atoms with Gasteiger partial charge >= 0.3 is 0 Å². The lowest BCUT2D eigenvalue weighted by Gasteiger charge is -2.13. The predicted octanol–water partition coefficient (Wildman–Crippen LogP) is 0.756. The van der Waals surface area contributed by atoms with Gasteiger partial charge in [0.1, 0.15) is 5.75 Å². The molecule has 6 nitrogen and oxygen atoms in total. The molecule has 1 unspecified atom stereocenters. The molecule has 0 aliphatic heterocycles. The van der Waals surface area contributed by atoms with Crippen molar-refractivity contribution >= 4 is 0 Å². The average molecular weight is 219 g/mol. The molecule has 0 saturated heterocycles. The van der Waals surface area contributed by atoms with Crippen LogP contribution >= 0.6 is 0 Å². The number of nitrogens with zero attached hydrogens (tertiary/aromatic N) is 3. The third kappa shape index (κ3) is 2.34. The molecule has 0 aliphatic rings. The Labute approximate surface area is 92.7 Å². The van der Waals surface area contributed by atoms with Crippen LogP contribution < -0.4 is 5.32 Å². The van der Waals surface area contributed by atoms with Crippen LogP contribution in [0.5, 0.6) is 5.75 Å². The molecule has 84 valence electrons. The van der Waals surface area contributed by atoms with E-state index in [0.29, 0.717) is 12.4 Å². The molecule has 1 heterocycles. The van der Waals surface area contributed by atoms with Gasteiger partial charge in [-0.1, -0.05) is 23.4 Å². The van der Waals surface area contributed by atoms with Gasteiger partial charge in [-0.2, -0.15) is 5.21 Å². The third-order valence-electron chi connectivity index (χ3n) is 2.36. The lowest BCUT2D eigenvalue weighted by molar-refractivity contribution is 0.451. The highest BCUT2D eigenvalue weighted by molar-refractivity contribution is 5.34. The number of aromatic nitrogens is 4. The number of H-pyrrole nitrogens is 1. The summed E-state index contributed by atoms with van der Waals surface area (Å²) in [6.45, 7) is 2.47. The number of benzene rings is 1. The molecule has 1 aromatic carbocycles. The normalized spacial score (nSPS) is 12.6. The first kappa shape index (κ1) is 10.6. The Hall–Kier alpha value is -1.95. The van der Waals surface area contributed by atoms with E-state index in [9.17, 15) is 5.11 Å². The maximum Gasteiger partial charge on any atom is 0.188 e. The molecule has 0 amide bonds. The minimum absolute atomic E-state index is 0.0275. The van der Waals surface area contributed by atoms with Gasteiger partial charge in [-0.05, 0) is 13.0 Å². The summed E-state index contributed by atoms with van der Waals surface area (Å²) < 4.78 is 0. The van der Waals surface area contributed by atoms with E-state index < -0.39 is 0 Å². The Morgan fingerprint density at radius 1 is 1.44 bits per heavy atom. The quantitative estimate of drug-likeness (QED) is 0.706. The standard InChI is InChI=1S/C10H13N5O/c1-7(8-4-2-3-5-9(8)16)11-6-10-12-14-15-13-10/h2-5,7,11,16H,6H2,1H3,(H,12,13,14,15). The molecule has 16 heavy (non-hydrogen) atoms. The number of aromatic amines is 1. The van der Waals surface area contributed by atoms with Crippen molar-refractivity contribution in [3.05, 3.63) is 35.7 Å². The number of hydrogen-bond acceptors (Lipinski definition) is 5. The molecule has 0 bridgehead atoms. The van der Waals surface area contributed by atoms with Crippen molar-refractivity contribution in [2.24, 2.45) is 0 Å². The lowest BCUT2D eigenvalue weighted by Crippen LogP contribution is -2.19. The Morgan fingerprint density at radius 3 is 2.94 bits per heavy atom. The molecule has 3 N–H and O–H groups in total. The Kier molecular flexibility index (Phi) is 3.11. The molecule has 0 aliphatic carbocycles. The second-order valence-electron chi connectivity index (χ2n) is 3.49. The van der Waals surface area contributed by atoms with E-state index in [2.05, 4.69) is 25.9 Å². The van der Waals surface area contributed by atoms with Gasteiger partial charge in [-0.3, -0.25) is 0 Å². The number of hydrogen-bond donors (Lipinski definition) is 3. The molecule has 1 atom stereocenters. The molecular formula is C10H13N5O. The van der Waals surface area contributed by atoms with Crippen LogP contribution in [0, 0.1) is 0 Å². The van der Waals surface area contributed by atoms with Gasteiger partial charge in [0.15, 0.2) is 5.82 Å². The number of para-hydroxylation sites is 1. The first-order chi connectivity index (χ1) is 7.77. The van der Waals surface area contributed by atoms with Crippen molar-refractivity contribution in [1.29, 1.82) is 0 Å². The van der Waals surface area contributed by atoms with Crippen LogP contribution in [0.2, 0.25) is 0 Å². The molecule has 0 fully saturated rings. The maximum absolute atomic E-state index is 9.65. The summed E-state index contributed by atoms with van der Waals surface area (Å²) >= 11 is 0. The predicted molar refractivity (Wildman–Crippen MR) is 57.5 cm³/mol. The SMILES string of the molecule is CC(NCc1nn[nH]n1)c1ccccc1O. The number of phenolic OH excluding ortho intramolecular Hbond substituents is 1. The highest BCUT2D eigenvalue weighted by atomic mass is 16.3. The molecule has 2 rings (SSSR count). The van der Waals surface area contributed by atoms with E-state index in [0.717, 1.165) is 5.56 Å². The third-order valence-corrected chi connectivity index (χ3v) is 2.36. The second-order valence-corrected chi connectivity index (χ2v) is 3.49. The monoisotopic (exact) mass is 219 g/mol. The van der Waals surface area contributed by atoms with Crippen molar-refractivity contribution in [2.75, 3.05) is 0 Å². The maximum atomic E-state index is 9.65. The number of phenols is 1. The van der Waals surface area contributed by atoms with E-state index in [1.165, 1.54) is 0 Å². The number of nitrogens with one attached hydrogen (secondary N) is 2. The fourth-order valence-corrected chi connectivity index (χ4v) is 1.47. The molecule has 6 heteroatoms. The van der Waals surface area contributed by atoms with Crippen molar-refractivity contribution in [2.45, 2.75) is 19.5 Å². The highest BCUT2D eigenvalue weighted by Gasteiger charge is 2.09. The summed E-state index contributed by atoms with van der Waals surface area (Å²) in [5.41, 5.74) is 0.853. The van der Waals surface area contributed by atoms with Crippen molar-refractivity contribution in [1.82, 2.24) is 25.9 Å². The van der Waals surface area contributed by atoms with E-state index >= 15 is 0 Å². The fraction of sp³-hybridized carbons (Fsp3) is 0.300. The van der Waals surface area contributed by atoms with Crippen LogP contribution in [0.3, 0.4) is 0 Å². The van der Waals surface area contributed by atoms with Gasteiger partial charge < -0.3 is 10.4 Å². The minimum atomic E-state index is 0.0275. The second kappa shape index (κ2) is 4.71. The summed E-state index contributed by atoms with van der Waals surface area (Å²) in [6.07, 6.45) is 0. The van der Waals surface area contributed by atoms with E-state index in [-0.39, 0.29) is 11.8 Å². The van der Waals surface area contributed by atoms with Gasteiger partial charge in [0.25, 0.3) is 0 Å². The van der Waals surface area contributed by atoms with Gasteiger partial charge in [-0.25, -0.2) is 0 Å². The summed E-state index contributed by atoms with van der Waals surface area (Å²) in [4.78, 5) is 0. The van der Waals surface area contributed by atoms with Crippen molar-refractivity contribution < 1.29 is 5.11 Å². The van der Waals surface area contributed by atoms with Crippen LogP contribution in [0.15, 0.2) is 24.3 Å². The largest absolute Gasteiger partial charge is 0.508 e. The molecule has 1 aromatic heterocycles. The molecule has 0 radical (unpaired) electrons. The van der Waals surface area contributed by atoms with Crippen LogP contribution in [0.4, 0.5) is 0 Å². The zero-order valence-corrected chi connectivity index (χ0v) is 8.88. The van der Waals surface area contributed by atoms with Crippen molar-refractivity contribution in [3.63, 3.8) is 0 Å². The number of rotatable bonds is 4. The Morgan fingerprint density at radius 2 is 2.25 bits per heavy atom. The summed E-state index contributed by atoms with van der Waals surface area (Å²) in [7, 11) is 0. The van der Waals surface area contributed by atoms with Gasteiger partial charge in [0.05, 0.1) is 6.54 Å². The molecular weight excluding hydrogens is 206 g/mol. The van der Waals surface area contributed by atoms with Crippen LogP contribution in [-0.2, 0) is 6.54 Å². The van der Waals surface area contributed by atoms with Gasteiger partial charge in [0, 0.05) is 11.6 Å². The first-order valence-corrected chi connectivity index (χ1v) is 5.01. The minimum Gasteiger partial charge on any atom is -0.508 e. The highest BCUT2D eigenvalue weighted by Crippen LogP contribution is 2.22. The topological polar surface area (TPSA) is 86.7 Å². The molecule has 0 saturated carbocycles. The zero-order chi connectivity index (χ0) is 11.4. The lowest BCUT2D eigenvalue weighted by atomic mass is 10.1. The van der Waals surface area contributed by atoms with Crippen LogP contribution in [0.25, 0.3) is 0 Å². The summed E-state index contributed by atoms with van der Waals surface area (Å²) in [6, 6.07) is 7.26. The van der Waals surface area contributed by atoms with Crippen LogP contribution in [0.1, 0.15) is 24.4 Å². The molecule has 2 aromatic rings. The first-order valence-electron chi connectivity index (χ1n) is 5.01. The Bertz CT molecular complexity index is 442. The number of aromatic hydroxyl groups is 1. The Balaban J connectivity index is 1.98. The fourth-order valence-electron chi connectivity index (χ4n) is 1.47. The van der Waals surface area contributed by atoms with Crippen molar-refractivity contribution in [3.8, 4) is 5.75 Å². The summed E-state index contributed by atoms with van der Waals surface area (Å²) in [5, 5.41) is 26.4. The average Bonchev–Trinajstić information content (AvgIpc) is 2.79. The smallest absolute Gasteiger partial charge is 0.188 e. The van der Waals surface area contributed by atoms with E-state index in [1.54, 1.807) is 12.1 Å². The van der Waals surface area contributed by atoms with Gasteiger partial charge in [-0.15, -0.1) is 10.2 Å². The van der Waals surface area contributed by atoms with E-state index in [4.69, 9.17) is 0 Å². The number of tetrazole rings is 1. The van der Waals surface area contributed by atoms with E-state index in [1.807, 2.05) is 19.1 Å². The summed E-state index contributed by atoms with van der Waals surface area (Å²) in [5.74, 6) is 0.887.